The standard InChI is InChI=1S/C12H16BrClN2O2S/c1-8-4-5-16(7-11(8)15)19(17,18)12-3-2-9(13)6-10(12)14/h2-3,6,8,11H,4-5,7,15H2,1H3. The van der Waals surface area contributed by atoms with Crippen LogP contribution < -0.4 is 5.73 Å². The second kappa shape index (κ2) is 5.69. The van der Waals surface area contributed by atoms with Crippen molar-refractivity contribution in [2.75, 3.05) is 13.1 Å². The normalized spacial score (nSPS) is 25.5. The first-order valence-corrected chi connectivity index (χ1v) is 8.64. The quantitative estimate of drug-likeness (QED) is 0.873. The van der Waals surface area contributed by atoms with Gasteiger partial charge in [0.15, 0.2) is 0 Å². The molecule has 7 heteroatoms. The Bertz CT molecular complexity index is 579. The second-order valence-corrected chi connectivity index (χ2v) is 8.10. The second-order valence-electron chi connectivity index (χ2n) is 4.87. The molecule has 0 bridgehead atoms. The van der Waals surface area contributed by atoms with Crippen molar-refractivity contribution >= 4 is 37.6 Å². The summed E-state index contributed by atoms with van der Waals surface area (Å²) in [5.41, 5.74) is 5.96. The van der Waals surface area contributed by atoms with Gasteiger partial charge in [-0.25, -0.2) is 8.42 Å². The summed E-state index contributed by atoms with van der Waals surface area (Å²) in [6.45, 7) is 2.88. The molecule has 1 aliphatic rings. The van der Waals surface area contributed by atoms with Gasteiger partial charge in [0.1, 0.15) is 4.90 Å². The zero-order valence-electron chi connectivity index (χ0n) is 10.5. The number of hydrogen-bond acceptors (Lipinski definition) is 3. The smallest absolute Gasteiger partial charge is 0.244 e. The van der Waals surface area contributed by atoms with Crippen molar-refractivity contribution in [3.8, 4) is 0 Å². The number of nitrogens with zero attached hydrogens (tertiary/aromatic N) is 1. The summed E-state index contributed by atoms with van der Waals surface area (Å²) in [6, 6.07) is 4.65. The number of sulfonamides is 1. The van der Waals surface area contributed by atoms with Gasteiger partial charge in [0.2, 0.25) is 10.0 Å². The summed E-state index contributed by atoms with van der Waals surface area (Å²) >= 11 is 9.29. The number of benzene rings is 1. The minimum Gasteiger partial charge on any atom is -0.326 e. The fourth-order valence-corrected chi connectivity index (χ4v) is 4.61. The molecule has 0 aliphatic carbocycles. The fraction of sp³-hybridized carbons (Fsp3) is 0.500. The molecule has 0 radical (unpaired) electrons. The van der Waals surface area contributed by atoms with Crippen LogP contribution in [0.4, 0.5) is 0 Å². The van der Waals surface area contributed by atoms with Crippen LogP contribution in [0, 0.1) is 5.92 Å². The molecule has 1 aromatic rings. The molecule has 2 unspecified atom stereocenters. The molecule has 1 heterocycles. The highest BCUT2D eigenvalue weighted by molar-refractivity contribution is 9.10. The first-order chi connectivity index (χ1) is 8.82. The van der Waals surface area contributed by atoms with E-state index >= 15 is 0 Å². The maximum absolute atomic E-state index is 12.5. The van der Waals surface area contributed by atoms with Gasteiger partial charge in [-0.2, -0.15) is 4.31 Å². The van der Waals surface area contributed by atoms with Gasteiger partial charge >= 0.3 is 0 Å². The van der Waals surface area contributed by atoms with E-state index in [-0.39, 0.29) is 16.0 Å². The lowest BCUT2D eigenvalue weighted by molar-refractivity contribution is 0.253. The van der Waals surface area contributed by atoms with Gasteiger partial charge in [-0.05, 0) is 30.5 Å². The van der Waals surface area contributed by atoms with Crippen molar-refractivity contribution in [1.29, 1.82) is 0 Å². The zero-order chi connectivity index (χ0) is 14.2. The van der Waals surface area contributed by atoms with E-state index in [1.54, 1.807) is 12.1 Å². The Morgan fingerprint density at radius 2 is 2.16 bits per heavy atom. The van der Waals surface area contributed by atoms with Crippen LogP contribution in [0.25, 0.3) is 0 Å². The minimum atomic E-state index is -3.57. The Morgan fingerprint density at radius 3 is 2.74 bits per heavy atom. The molecule has 0 aromatic heterocycles. The van der Waals surface area contributed by atoms with E-state index in [2.05, 4.69) is 15.9 Å². The van der Waals surface area contributed by atoms with Crippen molar-refractivity contribution in [3.05, 3.63) is 27.7 Å². The zero-order valence-corrected chi connectivity index (χ0v) is 13.7. The van der Waals surface area contributed by atoms with E-state index in [1.807, 2.05) is 6.92 Å². The predicted octanol–water partition coefficient (Wildman–Crippen LogP) is 2.46. The molecule has 1 aliphatic heterocycles. The number of rotatable bonds is 2. The van der Waals surface area contributed by atoms with Gasteiger partial charge in [-0.1, -0.05) is 34.5 Å². The first-order valence-electron chi connectivity index (χ1n) is 6.03. The van der Waals surface area contributed by atoms with Crippen molar-refractivity contribution in [2.24, 2.45) is 11.7 Å². The summed E-state index contributed by atoms with van der Waals surface area (Å²) in [5.74, 6) is 0.340. The van der Waals surface area contributed by atoms with Crippen LogP contribution >= 0.6 is 27.5 Å². The van der Waals surface area contributed by atoms with E-state index in [9.17, 15) is 8.42 Å². The largest absolute Gasteiger partial charge is 0.326 e. The third kappa shape index (κ3) is 3.13. The lowest BCUT2D eigenvalue weighted by Gasteiger charge is -2.34. The highest BCUT2D eigenvalue weighted by atomic mass is 79.9. The van der Waals surface area contributed by atoms with E-state index in [4.69, 9.17) is 17.3 Å². The molecular formula is C12H16BrClN2O2S. The van der Waals surface area contributed by atoms with Crippen molar-refractivity contribution in [2.45, 2.75) is 24.3 Å². The monoisotopic (exact) mass is 366 g/mol. The minimum absolute atomic E-state index is 0.127. The molecule has 1 saturated heterocycles. The SMILES string of the molecule is CC1CCN(S(=O)(=O)c2ccc(Br)cc2Cl)CC1N. The lowest BCUT2D eigenvalue weighted by Crippen LogP contribution is -2.49. The molecule has 1 aromatic carbocycles. The third-order valence-electron chi connectivity index (χ3n) is 3.49. The summed E-state index contributed by atoms with van der Waals surface area (Å²) in [5, 5.41) is 0.224. The highest BCUT2D eigenvalue weighted by Crippen LogP contribution is 2.29. The molecule has 0 amide bonds. The summed E-state index contributed by atoms with van der Waals surface area (Å²) in [4.78, 5) is 0.138. The van der Waals surface area contributed by atoms with Crippen LogP contribution in [0.5, 0.6) is 0 Å². The first kappa shape index (κ1) is 15.3. The van der Waals surface area contributed by atoms with Crippen LogP contribution in [0.1, 0.15) is 13.3 Å². The molecule has 2 N–H and O–H groups in total. The van der Waals surface area contributed by atoms with Crippen LogP contribution in [0.3, 0.4) is 0 Å². The molecule has 0 saturated carbocycles. The van der Waals surface area contributed by atoms with E-state index in [1.165, 1.54) is 10.4 Å². The molecule has 0 spiro atoms. The molecule has 4 nitrogen and oxygen atoms in total. The maximum atomic E-state index is 12.5. The van der Waals surface area contributed by atoms with E-state index < -0.39 is 10.0 Å². The third-order valence-corrected chi connectivity index (χ3v) is 6.33. The number of halogens is 2. The van der Waals surface area contributed by atoms with Crippen LogP contribution in [-0.4, -0.2) is 31.9 Å². The lowest BCUT2D eigenvalue weighted by atomic mass is 9.96. The summed E-state index contributed by atoms with van der Waals surface area (Å²) < 4.78 is 27.3. The molecule has 2 rings (SSSR count). The molecule has 1 fully saturated rings. The topological polar surface area (TPSA) is 63.4 Å². The molecule has 106 valence electrons. The Balaban J connectivity index is 2.32. The van der Waals surface area contributed by atoms with Crippen molar-refractivity contribution in [1.82, 2.24) is 4.31 Å². The Hall–Kier alpha value is -0.140. The maximum Gasteiger partial charge on any atom is 0.244 e. The van der Waals surface area contributed by atoms with Gasteiger partial charge in [-0.3, -0.25) is 0 Å². The van der Waals surface area contributed by atoms with Crippen LogP contribution in [0.2, 0.25) is 5.02 Å². The average Bonchev–Trinajstić information content (AvgIpc) is 2.32. The van der Waals surface area contributed by atoms with Crippen molar-refractivity contribution in [3.63, 3.8) is 0 Å². The number of nitrogens with two attached hydrogens (primary N) is 1. The predicted molar refractivity (Wildman–Crippen MR) is 79.7 cm³/mol. The highest BCUT2D eigenvalue weighted by Gasteiger charge is 2.33. The fourth-order valence-electron chi connectivity index (χ4n) is 2.11. The van der Waals surface area contributed by atoms with E-state index in [0.29, 0.717) is 19.0 Å². The number of piperidine rings is 1. The van der Waals surface area contributed by atoms with Crippen LogP contribution in [-0.2, 0) is 10.0 Å². The number of hydrogen-bond donors (Lipinski definition) is 1. The summed E-state index contributed by atoms with van der Waals surface area (Å²) in [6.07, 6.45) is 0.772. The molecule has 2 atom stereocenters. The van der Waals surface area contributed by atoms with Gasteiger partial charge in [0, 0.05) is 23.6 Å². The summed E-state index contributed by atoms with van der Waals surface area (Å²) in [7, 11) is -3.57. The van der Waals surface area contributed by atoms with Gasteiger partial charge in [0.05, 0.1) is 5.02 Å². The van der Waals surface area contributed by atoms with E-state index in [0.717, 1.165) is 10.9 Å². The van der Waals surface area contributed by atoms with Gasteiger partial charge in [0.25, 0.3) is 0 Å². The Labute approximate surface area is 127 Å². The Morgan fingerprint density at radius 1 is 1.47 bits per heavy atom. The van der Waals surface area contributed by atoms with Crippen molar-refractivity contribution < 1.29 is 8.42 Å². The molecule has 19 heavy (non-hydrogen) atoms. The van der Waals surface area contributed by atoms with Crippen LogP contribution in [0.15, 0.2) is 27.6 Å². The average molecular weight is 368 g/mol. The van der Waals surface area contributed by atoms with Gasteiger partial charge < -0.3 is 5.73 Å². The molecular weight excluding hydrogens is 352 g/mol. The Kier molecular flexibility index (Phi) is 4.57. The van der Waals surface area contributed by atoms with Gasteiger partial charge in [-0.15, -0.1) is 0 Å².